The van der Waals surface area contributed by atoms with Gasteiger partial charge in [-0.2, -0.15) is 0 Å². The number of amides is 2. The molecule has 3 heterocycles. The SMILES string of the molecule is O=C(NCCCCc1cn(C(c2ccccc2)(c2ccccc2)c2ccccc2)cn1)N1CCN(C2c3ccc(Cl)cc3CCc3cccnc32)CC1. The fourth-order valence-corrected chi connectivity index (χ4v) is 8.53. The number of nitrogens with one attached hydrogen (secondary N) is 1. The summed E-state index contributed by atoms with van der Waals surface area (Å²) in [4.78, 5) is 27.5. The van der Waals surface area contributed by atoms with Crippen LogP contribution in [0, 0.1) is 0 Å². The number of carbonyl (C=O) groups is 1. The van der Waals surface area contributed by atoms with Gasteiger partial charge in [-0.3, -0.25) is 9.88 Å². The predicted octanol–water partition coefficient (Wildman–Crippen LogP) is 8.31. The van der Waals surface area contributed by atoms with E-state index in [4.69, 9.17) is 21.6 Å². The quantitative estimate of drug-likeness (QED) is 0.114. The number of rotatable bonds is 10. The first-order valence-corrected chi connectivity index (χ1v) is 19.2. The van der Waals surface area contributed by atoms with Gasteiger partial charge in [0.1, 0.15) is 5.54 Å². The highest BCUT2D eigenvalue weighted by molar-refractivity contribution is 6.30. The Morgan fingerprint density at radius 2 is 1.38 bits per heavy atom. The standard InChI is InChI=1S/C45H45ClN6O/c46-39-23-24-41-35(31-39)22-21-34-13-12-26-47-42(34)43(41)50-27-29-51(30-28-50)44(53)48-25-11-10-20-40-32-52(33-49-40)45(36-14-4-1-5-15-36,37-16-6-2-7-17-37)38-18-8-3-9-19-38/h1-9,12-19,23-24,26,31-33,43H,10-11,20-22,25,27-30H2,(H,48,53). The van der Waals surface area contributed by atoms with E-state index in [9.17, 15) is 4.79 Å². The number of benzene rings is 4. The zero-order valence-corrected chi connectivity index (χ0v) is 30.7. The molecule has 1 unspecified atom stereocenters. The molecule has 7 nitrogen and oxygen atoms in total. The summed E-state index contributed by atoms with van der Waals surface area (Å²) in [6, 6.07) is 42.6. The largest absolute Gasteiger partial charge is 0.338 e. The van der Waals surface area contributed by atoms with Crippen molar-refractivity contribution in [3.05, 3.63) is 190 Å². The summed E-state index contributed by atoms with van der Waals surface area (Å²) in [6.07, 6.45) is 10.6. The molecule has 1 N–H and O–H groups in total. The van der Waals surface area contributed by atoms with Crippen LogP contribution >= 0.6 is 11.6 Å². The van der Waals surface area contributed by atoms with Crippen molar-refractivity contribution < 1.29 is 4.79 Å². The van der Waals surface area contributed by atoms with Crippen LogP contribution in [0.25, 0.3) is 0 Å². The number of nitrogens with zero attached hydrogens (tertiary/aromatic N) is 5. The number of hydrogen-bond donors (Lipinski definition) is 1. The molecular formula is C45H45ClN6O. The Morgan fingerprint density at radius 1 is 0.736 bits per heavy atom. The maximum Gasteiger partial charge on any atom is 0.317 e. The first-order chi connectivity index (χ1) is 26.1. The molecule has 53 heavy (non-hydrogen) atoms. The number of halogens is 1. The fraction of sp³-hybridized carbons (Fsp3) is 0.267. The van der Waals surface area contributed by atoms with E-state index >= 15 is 0 Å². The highest BCUT2D eigenvalue weighted by Gasteiger charge is 2.38. The second kappa shape index (κ2) is 15.8. The number of imidazole rings is 1. The van der Waals surface area contributed by atoms with Crippen molar-refractivity contribution in [2.24, 2.45) is 0 Å². The minimum Gasteiger partial charge on any atom is -0.338 e. The number of carbonyl (C=O) groups excluding carboxylic acids is 1. The predicted molar refractivity (Wildman–Crippen MR) is 211 cm³/mol. The number of hydrogen-bond acceptors (Lipinski definition) is 4. The molecule has 1 aliphatic carbocycles. The van der Waals surface area contributed by atoms with Crippen molar-refractivity contribution >= 4 is 17.6 Å². The van der Waals surface area contributed by atoms with Gasteiger partial charge in [-0.05, 0) is 83.7 Å². The minimum absolute atomic E-state index is 0.0128. The molecule has 6 aromatic rings. The lowest BCUT2D eigenvalue weighted by atomic mass is 9.77. The summed E-state index contributed by atoms with van der Waals surface area (Å²) in [5.41, 5.74) is 8.98. The lowest BCUT2D eigenvalue weighted by Gasteiger charge is -2.39. The monoisotopic (exact) mass is 720 g/mol. The van der Waals surface area contributed by atoms with Gasteiger partial charge in [0.15, 0.2) is 0 Å². The molecule has 1 aliphatic heterocycles. The summed E-state index contributed by atoms with van der Waals surface area (Å²) >= 11 is 6.42. The molecule has 8 heteroatoms. The number of aryl methyl sites for hydroxylation is 3. The van der Waals surface area contributed by atoms with Crippen LogP contribution in [0.5, 0.6) is 0 Å². The molecule has 1 saturated heterocycles. The van der Waals surface area contributed by atoms with Crippen LogP contribution < -0.4 is 5.32 Å². The maximum atomic E-state index is 13.3. The molecule has 0 bridgehead atoms. The second-order valence-electron chi connectivity index (χ2n) is 14.1. The van der Waals surface area contributed by atoms with E-state index < -0.39 is 5.54 Å². The number of fused-ring (bicyclic) bond motifs is 2. The van der Waals surface area contributed by atoms with E-state index in [1.807, 2.05) is 29.6 Å². The van der Waals surface area contributed by atoms with Crippen molar-refractivity contribution in [3.63, 3.8) is 0 Å². The van der Waals surface area contributed by atoms with E-state index in [-0.39, 0.29) is 12.1 Å². The van der Waals surface area contributed by atoms with Crippen LogP contribution in [0.2, 0.25) is 5.02 Å². The summed E-state index contributed by atoms with van der Waals surface area (Å²) in [6.45, 7) is 3.56. The van der Waals surface area contributed by atoms with Gasteiger partial charge in [-0.1, -0.05) is 115 Å². The molecule has 268 valence electrons. The van der Waals surface area contributed by atoms with Crippen molar-refractivity contribution in [2.75, 3.05) is 32.7 Å². The Morgan fingerprint density at radius 3 is 2.04 bits per heavy atom. The minimum atomic E-state index is -0.569. The second-order valence-corrected chi connectivity index (χ2v) is 14.5. The fourth-order valence-electron chi connectivity index (χ4n) is 8.34. The zero-order chi connectivity index (χ0) is 36.0. The van der Waals surface area contributed by atoms with Gasteiger partial charge in [0.05, 0.1) is 23.8 Å². The van der Waals surface area contributed by atoms with Crippen LogP contribution in [0.15, 0.2) is 140 Å². The summed E-state index contributed by atoms with van der Waals surface area (Å²) in [7, 11) is 0. The van der Waals surface area contributed by atoms with Gasteiger partial charge >= 0.3 is 6.03 Å². The third-order valence-corrected chi connectivity index (χ3v) is 11.2. The Bertz CT molecular complexity index is 2030. The number of pyridine rings is 1. The number of aromatic nitrogens is 3. The van der Waals surface area contributed by atoms with Gasteiger partial charge in [-0.25, -0.2) is 9.78 Å². The number of unbranched alkanes of at least 4 members (excludes halogenated alkanes) is 1. The third kappa shape index (κ3) is 7.11. The Hall–Kier alpha value is -5.24. The van der Waals surface area contributed by atoms with Gasteiger partial charge in [-0.15, -0.1) is 0 Å². The molecule has 0 spiro atoms. The molecule has 0 radical (unpaired) electrons. The van der Waals surface area contributed by atoms with E-state index in [0.717, 1.165) is 61.6 Å². The number of urea groups is 1. The van der Waals surface area contributed by atoms with Crippen LogP contribution in [0.3, 0.4) is 0 Å². The van der Waals surface area contributed by atoms with Crippen molar-refractivity contribution in [1.29, 1.82) is 0 Å². The molecular weight excluding hydrogens is 676 g/mol. The van der Waals surface area contributed by atoms with Gasteiger partial charge in [0.2, 0.25) is 0 Å². The van der Waals surface area contributed by atoms with E-state index in [1.54, 1.807) is 0 Å². The highest BCUT2D eigenvalue weighted by atomic mass is 35.5. The van der Waals surface area contributed by atoms with E-state index in [0.29, 0.717) is 19.6 Å². The Kier molecular flexibility index (Phi) is 10.4. The van der Waals surface area contributed by atoms with E-state index in [1.165, 1.54) is 33.4 Å². The first-order valence-electron chi connectivity index (χ1n) is 18.8. The average Bonchev–Trinajstić information content (AvgIpc) is 3.62. The van der Waals surface area contributed by atoms with Crippen LogP contribution in [0.1, 0.15) is 63.7 Å². The lowest BCUT2D eigenvalue weighted by molar-refractivity contribution is 0.119. The molecule has 4 aromatic carbocycles. The zero-order valence-electron chi connectivity index (χ0n) is 29.9. The van der Waals surface area contributed by atoms with Gasteiger partial charge in [0, 0.05) is 50.1 Å². The van der Waals surface area contributed by atoms with Crippen molar-refractivity contribution in [1.82, 2.24) is 29.7 Å². The summed E-state index contributed by atoms with van der Waals surface area (Å²) in [5.74, 6) is 0. The Labute approximate surface area is 317 Å². The van der Waals surface area contributed by atoms with E-state index in [2.05, 4.69) is 130 Å². The van der Waals surface area contributed by atoms with Crippen LogP contribution in [-0.4, -0.2) is 63.1 Å². The lowest BCUT2D eigenvalue weighted by Crippen LogP contribution is -2.52. The normalized spacial score (nSPS) is 16.0. The summed E-state index contributed by atoms with van der Waals surface area (Å²) < 4.78 is 2.27. The topological polar surface area (TPSA) is 66.3 Å². The van der Waals surface area contributed by atoms with Gasteiger partial charge in [0.25, 0.3) is 0 Å². The van der Waals surface area contributed by atoms with Crippen LogP contribution in [0.4, 0.5) is 4.79 Å². The summed E-state index contributed by atoms with van der Waals surface area (Å²) in [5, 5.41) is 3.96. The smallest absolute Gasteiger partial charge is 0.317 e. The molecule has 2 amide bonds. The molecule has 8 rings (SSSR count). The van der Waals surface area contributed by atoms with Crippen molar-refractivity contribution in [3.8, 4) is 0 Å². The van der Waals surface area contributed by atoms with Crippen molar-refractivity contribution in [2.45, 2.75) is 43.7 Å². The molecule has 0 saturated carbocycles. The first kappa shape index (κ1) is 34.8. The Balaban J connectivity index is 0.885. The number of piperazine rings is 1. The molecule has 2 aliphatic rings. The molecule has 1 fully saturated rings. The van der Waals surface area contributed by atoms with Crippen LogP contribution in [-0.2, 0) is 24.8 Å². The highest BCUT2D eigenvalue weighted by Crippen LogP contribution is 2.41. The van der Waals surface area contributed by atoms with Gasteiger partial charge < -0.3 is 14.8 Å². The molecule has 1 atom stereocenters. The third-order valence-electron chi connectivity index (χ3n) is 10.9. The average molecular weight is 721 g/mol. The molecule has 2 aromatic heterocycles. The maximum absolute atomic E-state index is 13.3.